The van der Waals surface area contributed by atoms with E-state index < -0.39 is 16.0 Å². The molecule has 1 N–H and O–H groups in total. The van der Waals surface area contributed by atoms with Crippen LogP contribution in [0.1, 0.15) is 23.7 Å². The minimum Gasteiger partial charge on any atom is -0.462 e. The summed E-state index contributed by atoms with van der Waals surface area (Å²) in [4.78, 5) is 11.8. The number of hydrogen-bond donors (Lipinski definition) is 1. The first-order valence-electron chi connectivity index (χ1n) is 7.03. The highest BCUT2D eigenvalue weighted by Crippen LogP contribution is 2.27. The Labute approximate surface area is 139 Å². The monoisotopic (exact) mass is 390 g/mol. The van der Waals surface area contributed by atoms with Crippen molar-refractivity contribution in [2.24, 2.45) is 0 Å². The van der Waals surface area contributed by atoms with Crippen molar-refractivity contribution in [3.05, 3.63) is 28.2 Å². The van der Waals surface area contributed by atoms with E-state index in [9.17, 15) is 13.2 Å². The molecule has 1 saturated heterocycles. The summed E-state index contributed by atoms with van der Waals surface area (Å²) >= 11 is 3.25. The number of likely N-dealkylation sites (N-methyl/N-ethyl adjacent to an activating group) is 1. The SMILES string of the molecule is CCOC(=O)c1ccc(S(=O)(=O)N(C)C2CCNC2)c(Br)c1. The maximum Gasteiger partial charge on any atom is 0.338 e. The molecule has 122 valence electrons. The van der Waals surface area contributed by atoms with Gasteiger partial charge in [-0.25, -0.2) is 13.2 Å². The van der Waals surface area contributed by atoms with Gasteiger partial charge < -0.3 is 10.1 Å². The van der Waals surface area contributed by atoms with Gasteiger partial charge in [0, 0.05) is 24.1 Å². The smallest absolute Gasteiger partial charge is 0.338 e. The van der Waals surface area contributed by atoms with E-state index in [1.807, 2.05) is 0 Å². The van der Waals surface area contributed by atoms with Gasteiger partial charge in [0.25, 0.3) is 0 Å². The summed E-state index contributed by atoms with van der Waals surface area (Å²) < 4.78 is 32.1. The predicted octanol–water partition coefficient (Wildman–Crippen LogP) is 1.61. The van der Waals surface area contributed by atoms with E-state index in [1.165, 1.54) is 22.5 Å². The molecule has 1 aliphatic heterocycles. The van der Waals surface area contributed by atoms with Crippen LogP contribution in [0.15, 0.2) is 27.6 Å². The second-order valence-electron chi connectivity index (χ2n) is 5.03. The summed E-state index contributed by atoms with van der Waals surface area (Å²) in [6, 6.07) is 4.33. The van der Waals surface area contributed by atoms with Crippen LogP contribution in [0.25, 0.3) is 0 Å². The van der Waals surface area contributed by atoms with Crippen molar-refractivity contribution in [2.75, 3.05) is 26.7 Å². The molecule has 1 aromatic carbocycles. The predicted molar refractivity (Wildman–Crippen MR) is 86.3 cm³/mol. The van der Waals surface area contributed by atoms with Gasteiger partial charge in [-0.2, -0.15) is 4.31 Å². The minimum absolute atomic E-state index is 0.0540. The van der Waals surface area contributed by atoms with Gasteiger partial charge >= 0.3 is 5.97 Å². The summed E-state index contributed by atoms with van der Waals surface area (Å²) in [6.45, 7) is 3.45. The maximum atomic E-state index is 12.7. The molecule has 0 spiro atoms. The molecule has 0 amide bonds. The van der Waals surface area contributed by atoms with Crippen LogP contribution in [0.5, 0.6) is 0 Å². The van der Waals surface area contributed by atoms with E-state index in [2.05, 4.69) is 21.2 Å². The van der Waals surface area contributed by atoms with Crippen LogP contribution in [0.4, 0.5) is 0 Å². The average Bonchev–Trinajstić information content (AvgIpc) is 3.00. The Morgan fingerprint density at radius 1 is 1.50 bits per heavy atom. The van der Waals surface area contributed by atoms with Crippen LogP contribution < -0.4 is 5.32 Å². The van der Waals surface area contributed by atoms with Gasteiger partial charge in [0.05, 0.1) is 17.1 Å². The number of rotatable bonds is 5. The molecule has 1 aromatic rings. The van der Waals surface area contributed by atoms with Gasteiger partial charge in [0.1, 0.15) is 0 Å². The Morgan fingerprint density at radius 3 is 2.77 bits per heavy atom. The van der Waals surface area contributed by atoms with Crippen molar-refractivity contribution in [1.29, 1.82) is 0 Å². The quantitative estimate of drug-likeness (QED) is 0.772. The molecule has 22 heavy (non-hydrogen) atoms. The number of halogens is 1. The Hall–Kier alpha value is -0.960. The third-order valence-electron chi connectivity index (χ3n) is 3.65. The zero-order valence-corrected chi connectivity index (χ0v) is 14.9. The fourth-order valence-corrected chi connectivity index (χ4v) is 4.77. The minimum atomic E-state index is -3.61. The lowest BCUT2D eigenvalue weighted by Crippen LogP contribution is -2.38. The molecule has 1 heterocycles. The molecule has 1 atom stereocenters. The lowest BCUT2D eigenvalue weighted by Gasteiger charge is -2.23. The lowest BCUT2D eigenvalue weighted by atomic mass is 10.2. The molecule has 0 radical (unpaired) electrons. The number of hydrogen-bond acceptors (Lipinski definition) is 5. The number of esters is 1. The lowest BCUT2D eigenvalue weighted by molar-refractivity contribution is 0.0526. The first kappa shape index (κ1) is 17.4. The maximum absolute atomic E-state index is 12.7. The second-order valence-corrected chi connectivity index (χ2v) is 7.85. The number of benzene rings is 1. The number of nitrogens with zero attached hydrogens (tertiary/aromatic N) is 1. The van der Waals surface area contributed by atoms with Crippen LogP contribution in [-0.4, -0.2) is 51.5 Å². The van der Waals surface area contributed by atoms with E-state index in [0.29, 0.717) is 16.6 Å². The summed E-state index contributed by atoms with van der Waals surface area (Å²) in [7, 11) is -2.03. The first-order chi connectivity index (χ1) is 10.4. The normalized spacial score (nSPS) is 18.6. The van der Waals surface area contributed by atoms with Gasteiger partial charge in [-0.15, -0.1) is 0 Å². The average molecular weight is 391 g/mol. The van der Waals surface area contributed by atoms with Crippen molar-refractivity contribution in [3.63, 3.8) is 0 Å². The number of nitrogens with one attached hydrogen (secondary N) is 1. The number of sulfonamides is 1. The van der Waals surface area contributed by atoms with E-state index in [4.69, 9.17) is 4.74 Å². The van der Waals surface area contributed by atoms with Crippen molar-refractivity contribution < 1.29 is 17.9 Å². The van der Waals surface area contributed by atoms with Gasteiger partial charge in [0.15, 0.2) is 0 Å². The zero-order chi connectivity index (χ0) is 16.3. The largest absolute Gasteiger partial charge is 0.462 e. The molecular weight excluding hydrogens is 372 g/mol. The van der Waals surface area contributed by atoms with Gasteiger partial charge in [-0.05, 0) is 54.0 Å². The number of ether oxygens (including phenoxy) is 1. The number of carbonyl (C=O) groups excluding carboxylic acids is 1. The molecule has 6 nitrogen and oxygen atoms in total. The van der Waals surface area contributed by atoms with E-state index in [-0.39, 0.29) is 17.5 Å². The number of carbonyl (C=O) groups is 1. The van der Waals surface area contributed by atoms with Crippen LogP contribution in [0.2, 0.25) is 0 Å². The molecule has 1 aliphatic rings. The van der Waals surface area contributed by atoms with Crippen molar-refractivity contribution in [2.45, 2.75) is 24.3 Å². The molecule has 0 bridgehead atoms. The van der Waals surface area contributed by atoms with Crippen molar-refractivity contribution in [1.82, 2.24) is 9.62 Å². The summed E-state index contributed by atoms with van der Waals surface area (Å²) in [5.74, 6) is -0.472. The summed E-state index contributed by atoms with van der Waals surface area (Å²) in [6.07, 6.45) is 0.786. The molecule has 1 fully saturated rings. The Balaban J connectivity index is 2.29. The molecule has 2 rings (SSSR count). The first-order valence-corrected chi connectivity index (χ1v) is 9.26. The van der Waals surface area contributed by atoms with Crippen LogP contribution in [0, 0.1) is 0 Å². The zero-order valence-electron chi connectivity index (χ0n) is 12.5. The standard InChI is InChI=1S/C14H19BrN2O4S/c1-3-21-14(18)10-4-5-13(12(15)8-10)22(19,20)17(2)11-6-7-16-9-11/h4-5,8,11,16H,3,6-7,9H2,1-2H3. The Kier molecular flexibility index (Phi) is 5.60. The molecule has 1 unspecified atom stereocenters. The summed E-state index contributed by atoms with van der Waals surface area (Å²) in [5, 5.41) is 3.15. The molecular formula is C14H19BrN2O4S. The highest BCUT2D eigenvalue weighted by Gasteiger charge is 2.31. The van der Waals surface area contributed by atoms with E-state index in [1.54, 1.807) is 14.0 Å². The second kappa shape index (κ2) is 7.08. The van der Waals surface area contributed by atoms with Crippen LogP contribution >= 0.6 is 15.9 Å². The fourth-order valence-electron chi connectivity index (χ4n) is 2.35. The third-order valence-corrected chi connectivity index (χ3v) is 6.54. The van der Waals surface area contributed by atoms with Gasteiger partial charge in [-0.3, -0.25) is 0 Å². The van der Waals surface area contributed by atoms with Gasteiger partial charge in [-0.1, -0.05) is 0 Å². The molecule has 0 aliphatic carbocycles. The van der Waals surface area contributed by atoms with E-state index in [0.717, 1.165) is 13.0 Å². The van der Waals surface area contributed by atoms with Gasteiger partial charge in [0.2, 0.25) is 10.0 Å². The van der Waals surface area contributed by atoms with Crippen molar-refractivity contribution >= 4 is 31.9 Å². The topological polar surface area (TPSA) is 75.7 Å². The summed E-state index contributed by atoms with van der Waals surface area (Å²) in [5.41, 5.74) is 0.317. The molecule has 0 aromatic heterocycles. The molecule has 0 saturated carbocycles. The van der Waals surface area contributed by atoms with Crippen LogP contribution in [0.3, 0.4) is 0 Å². The Bertz CT molecular complexity index is 657. The fraction of sp³-hybridized carbons (Fsp3) is 0.500. The highest BCUT2D eigenvalue weighted by atomic mass is 79.9. The van der Waals surface area contributed by atoms with Crippen LogP contribution in [-0.2, 0) is 14.8 Å². The van der Waals surface area contributed by atoms with E-state index >= 15 is 0 Å². The van der Waals surface area contributed by atoms with Crippen molar-refractivity contribution in [3.8, 4) is 0 Å². The molecule has 8 heteroatoms. The Morgan fingerprint density at radius 2 is 2.23 bits per heavy atom. The third kappa shape index (κ3) is 3.51. The highest BCUT2D eigenvalue weighted by molar-refractivity contribution is 9.10.